The molecule has 1 heterocycles. The van der Waals surface area contributed by atoms with Gasteiger partial charge in [-0.3, -0.25) is 4.90 Å². The van der Waals surface area contributed by atoms with Crippen LogP contribution in [0.1, 0.15) is 37.8 Å². The Hall–Kier alpha value is -1.46. The topological polar surface area (TPSA) is 33.7 Å². The summed E-state index contributed by atoms with van der Waals surface area (Å²) in [6, 6.07) is 12.2. The maximum absolute atomic E-state index is 6.55. The Morgan fingerprint density at radius 3 is 2.69 bits per heavy atom. The second kappa shape index (κ2) is 11.1. The first-order chi connectivity index (χ1) is 14.1. The maximum Gasteiger partial charge on any atom is 0.180 e. The number of nitrogens with zero attached hydrogens (tertiary/aromatic N) is 1. The summed E-state index contributed by atoms with van der Waals surface area (Å²) < 4.78 is 11.8. The molecular formula is C23H30Cl2N2O2. The van der Waals surface area contributed by atoms with Crippen LogP contribution in [-0.2, 0) is 13.2 Å². The zero-order valence-electron chi connectivity index (χ0n) is 17.2. The van der Waals surface area contributed by atoms with Crippen molar-refractivity contribution in [1.29, 1.82) is 0 Å². The molecular weight excluding hydrogens is 407 g/mol. The fraction of sp³-hybridized carbons (Fsp3) is 0.478. The Balaban J connectivity index is 1.65. The van der Waals surface area contributed by atoms with Crippen molar-refractivity contribution in [3.05, 3.63) is 57.6 Å². The smallest absolute Gasteiger partial charge is 0.180 e. The van der Waals surface area contributed by atoms with Gasteiger partial charge in [-0.1, -0.05) is 48.3 Å². The summed E-state index contributed by atoms with van der Waals surface area (Å²) in [5, 5.41) is 4.80. The summed E-state index contributed by atoms with van der Waals surface area (Å²) in [4.78, 5) is 2.54. The fourth-order valence-corrected chi connectivity index (χ4v) is 4.30. The lowest BCUT2D eigenvalue weighted by atomic mass is 10.1. The predicted octanol–water partition coefficient (Wildman–Crippen LogP) is 5.55. The van der Waals surface area contributed by atoms with Crippen molar-refractivity contribution < 1.29 is 9.47 Å². The van der Waals surface area contributed by atoms with Crippen LogP contribution in [0.15, 0.2) is 36.4 Å². The van der Waals surface area contributed by atoms with Crippen molar-refractivity contribution in [2.75, 3.05) is 26.2 Å². The summed E-state index contributed by atoms with van der Waals surface area (Å²) in [5.74, 6) is 1.23. The molecule has 0 radical (unpaired) electrons. The van der Waals surface area contributed by atoms with Gasteiger partial charge in [-0.2, -0.15) is 0 Å². The average molecular weight is 437 g/mol. The molecule has 6 heteroatoms. The van der Waals surface area contributed by atoms with Crippen LogP contribution in [0.3, 0.4) is 0 Å². The maximum atomic E-state index is 6.55. The number of hydrogen-bond acceptors (Lipinski definition) is 4. The Bertz CT molecular complexity index is 800. The zero-order chi connectivity index (χ0) is 20.6. The van der Waals surface area contributed by atoms with E-state index in [9.17, 15) is 0 Å². The van der Waals surface area contributed by atoms with Crippen LogP contribution < -0.4 is 14.8 Å². The summed E-state index contributed by atoms with van der Waals surface area (Å²) in [7, 11) is 0. The molecule has 1 fully saturated rings. The molecule has 0 aromatic heterocycles. The van der Waals surface area contributed by atoms with Gasteiger partial charge in [-0.15, -0.1) is 0 Å². The Labute approximate surface area is 184 Å². The minimum absolute atomic E-state index is 0.339. The third-order valence-electron chi connectivity index (χ3n) is 5.31. The van der Waals surface area contributed by atoms with Crippen LogP contribution in [0, 0.1) is 0 Å². The number of nitrogens with one attached hydrogen (secondary N) is 1. The van der Waals surface area contributed by atoms with Crippen molar-refractivity contribution >= 4 is 23.2 Å². The second-order valence-corrected chi connectivity index (χ2v) is 8.09. The molecule has 1 unspecified atom stereocenters. The summed E-state index contributed by atoms with van der Waals surface area (Å²) >= 11 is 12.8. The summed E-state index contributed by atoms with van der Waals surface area (Å²) in [6.45, 7) is 9.13. The molecule has 0 saturated carbocycles. The van der Waals surface area contributed by atoms with Crippen LogP contribution in [0.5, 0.6) is 11.5 Å². The van der Waals surface area contributed by atoms with E-state index in [1.807, 2.05) is 43.3 Å². The molecule has 0 aliphatic carbocycles. The van der Waals surface area contributed by atoms with Gasteiger partial charge in [-0.25, -0.2) is 0 Å². The number of likely N-dealkylation sites (N-methyl/N-ethyl adjacent to an activating group) is 1. The first-order valence-corrected chi connectivity index (χ1v) is 11.1. The molecule has 4 nitrogen and oxygen atoms in total. The van der Waals surface area contributed by atoms with Gasteiger partial charge in [0.15, 0.2) is 11.5 Å². The Morgan fingerprint density at radius 2 is 1.93 bits per heavy atom. The molecule has 1 aliphatic heterocycles. The quantitative estimate of drug-likeness (QED) is 0.529. The van der Waals surface area contributed by atoms with E-state index in [1.54, 1.807) is 0 Å². The highest BCUT2D eigenvalue weighted by molar-refractivity contribution is 6.32. The molecule has 0 bridgehead atoms. The number of likely N-dealkylation sites (tertiary alicyclic amines) is 1. The standard InChI is InChI=1S/C23H30Cl2N2O2/c1-3-27-11-7-9-19(27)15-26-14-17-12-21(25)23(22(13-17)28-4-2)29-16-18-8-5-6-10-20(18)24/h5-6,8,10,12-13,19,26H,3-4,7,9,11,14-16H2,1-2H3. The zero-order valence-corrected chi connectivity index (χ0v) is 18.7. The molecule has 3 rings (SSSR count). The molecule has 1 atom stereocenters. The van der Waals surface area contributed by atoms with E-state index in [2.05, 4.69) is 17.1 Å². The monoisotopic (exact) mass is 436 g/mol. The first kappa shape index (κ1) is 22.2. The van der Waals surface area contributed by atoms with Gasteiger partial charge >= 0.3 is 0 Å². The Kier molecular flexibility index (Phi) is 8.49. The fourth-order valence-electron chi connectivity index (χ4n) is 3.82. The largest absolute Gasteiger partial charge is 0.490 e. The highest BCUT2D eigenvalue weighted by Gasteiger charge is 2.22. The molecule has 2 aromatic carbocycles. The normalized spacial score (nSPS) is 16.9. The Morgan fingerprint density at radius 1 is 1.10 bits per heavy atom. The van der Waals surface area contributed by atoms with Crippen LogP contribution in [0.25, 0.3) is 0 Å². The third-order valence-corrected chi connectivity index (χ3v) is 5.96. The minimum atomic E-state index is 0.339. The molecule has 29 heavy (non-hydrogen) atoms. The first-order valence-electron chi connectivity index (χ1n) is 10.4. The van der Waals surface area contributed by atoms with E-state index in [1.165, 1.54) is 19.4 Å². The van der Waals surface area contributed by atoms with E-state index in [4.69, 9.17) is 32.7 Å². The van der Waals surface area contributed by atoms with E-state index >= 15 is 0 Å². The molecule has 1 aliphatic rings. The lowest BCUT2D eigenvalue weighted by Crippen LogP contribution is -2.37. The van der Waals surface area contributed by atoms with Crippen molar-refractivity contribution in [3.63, 3.8) is 0 Å². The number of hydrogen-bond donors (Lipinski definition) is 1. The molecule has 2 aromatic rings. The van der Waals surface area contributed by atoms with E-state index in [-0.39, 0.29) is 0 Å². The summed E-state index contributed by atoms with van der Waals surface area (Å²) in [5.41, 5.74) is 2.00. The minimum Gasteiger partial charge on any atom is -0.490 e. The number of ether oxygens (including phenoxy) is 2. The molecule has 1 N–H and O–H groups in total. The van der Waals surface area contributed by atoms with Crippen LogP contribution in [0.2, 0.25) is 10.0 Å². The van der Waals surface area contributed by atoms with Crippen molar-refractivity contribution in [2.45, 2.75) is 45.9 Å². The van der Waals surface area contributed by atoms with E-state index in [0.29, 0.717) is 40.8 Å². The number of benzene rings is 2. The van der Waals surface area contributed by atoms with Gasteiger partial charge in [-0.05, 0) is 56.6 Å². The van der Waals surface area contributed by atoms with E-state index in [0.717, 1.165) is 30.8 Å². The van der Waals surface area contributed by atoms with Gasteiger partial charge < -0.3 is 14.8 Å². The lowest BCUT2D eigenvalue weighted by molar-refractivity contribution is 0.259. The third kappa shape index (κ3) is 6.02. The highest BCUT2D eigenvalue weighted by atomic mass is 35.5. The second-order valence-electron chi connectivity index (χ2n) is 7.27. The van der Waals surface area contributed by atoms with Crippen LogP contribution in [-0.4, -0.2) is 37.2 Å². The number of rotatable bonds is 10. The van der Waals surface area contributed by atoms with Gasteiger partial charge in [0.25, 0.3) is 0 Å². The van der Waals surface area contributed by atoms with Crippen molar-refractivity contribution in [2.24, 2.45) is 0 Å². The highest BCUT2D eigenvalue weighted by Crippen LogP contribution is 2.37. The van der Waals surface area contributed by atoms with Crippen molar-refractivity contribution in [1.82, 2.24) is 10.2 Å². The molecule has 0 spiro atoms. The molecule has 158 valence electrons. The average Bonchev–Trinajstić information content (AvgIpc) is 3.16. The summed E-state index contributed by atoms with van der Waals surface area (Å²) in [6.07, 6.45) is 2.55. The number of halogens is 2. The molecule has 1 saturated heterocycles. The van der Waals surface area contributed by atoms with Crippen LogP contribution in [0.4, 0.5) is 0 Å². The van der Waals surface area contributed by atoms with Gasteiger partial charge in [0, 0.05) is 29.7 Å². The SMILES string of the molecule is CCOc1cc(CNCC2CCCN2CC)cc(Cl)c1OCc1ccccc1Cl. The van der Waals surface area contributed by atoms with Gasteiger partial charge in [0.2, 0.25) is 0 Å². The predicted molar refractivity (Wildman–Crippen MR) is 120 cm³/mol. The molecule has 0 amide bonds. The van der Waals surface area contributed by atoms with Crippen LogP contribution >= 0.6 is 23.2 Å². The lowest BCUT2D eigenvalue weighted by Gasteiger charge is -2.23. The van der Waals surface area contributed by atoms with Gasteiger partial charge in [0.05, 0.1) is 11.6 Å². The van der Waals surface area contributed by atoms with E-state index < -0.39 is 0 Å². The van der Waals surface area contributed by atoms with Crippen molar-refractivity contribution in [3.8, 4) is 11.5 Å². The van der Waals surface area contributed by atoms with Gasteiger partial charge in [0.1, 0.15) is 6.61 Å².